The second-order valence-corrected chi connectivity index (χ2v) is 7.39. The lowest BCUT2D eigenvalue weighted by molar-refractivity contribution is -0.126. The minimum atomic E-state index is -0.611. The fourth-order valence-electron chi connectivity index (χ4n) is 3.81. The summed E-state index contributed by atoms with van der Waals surface area (Å²) < 4.78 is 20.1. The molecule has 2 aromatic carbocycles. The van der Waals surface area contributed by atoms with Crippen molar-refractivity contribution in [2.24, 2.45) is 0 Å². The van der Waals surface area contributed by atoms with Crippen molar-refractivity contribution in [1.82, 2.24) is 14.9 Å². The van der Waals surface area contributed by atoms with Gasteiger partial charge in [-0.2, -0.15) is 0 Å². The molecular weight excluding hydrogens is 423 g/mol. The molecule has 4 rings (SSSR count). The second kappa shape index (κ2) is 8.39. The minimum Gasteiger partial charge on any atom is -0.507 e. The van der Waals surface area contributed by atoms with Crippen molar-refractivity contribution in [2.45, 2.75) is 0 Å². The summed E-state index contributed by atoms with van der Waals surface area (Å²) in [5.41, 5.74) is 0.741. The van der Waals surface area contributed by atoms with Crippen molar-refractivity contribution >= 4 is 34.2 Å². The molecule has 0 spiro atoms. The van der Waals surface area contributed by atoms with E-state index in [2.05, 4.69) is 16.5 Å². The van der Waals surface area contributed by atoms with E-state index in [1.807, 2.05) is 4.90 Å². The van der Waals surface area contributed by atoms with Gasteiger partial charge in [0.25, 0.3) is 0 Å². The number of phenols is 1. The van der Waals surface area contributed by atoms with E-state index in [0.29, 0.717) is 42.9 Å². The van der Waals surface area contributed by atoms with Crippen molar-refractivity contribution in [3.05, 3.63) is 54.1 Å². The van der Waals surface area contributed by atoms with Crippen molar-refractivity contribution in [1.29, 1.82) is 0 Å². The molecule has 9 heteroatoms. The molecule has 3 aromatic rings. The molecule has 1 fully saturated rings. The molecule has 1 saturated heterocycles. The number of fused-ring (bicyclic) bond motifs is 1. The normalized spacial score (nSPS) is 14.0. The summed E-state index contributed by atoms with van der Waals surface area (Å²) in [6.45, 7) is 5.69. The maximum Gasteiger partial charge on any atom is 0.246 e. The van der Waals surface area contributed by atoms with E-state index in [9.17, 15) is 14.3 Å². The highest BCUT2D eigenvalue weighted by atomic mass is 35.5. The molecule has 1 aliphatic rings. The number of halogens is 2. The highest BCUT2D eigenvalue weighted by molar-refractivity contribution is 6.36. The smallest absolute Gasteiger partial charge is 0.246 e. The third-order valence-electron chi connectivity index (χ3n) is 5.33. The van der Waals surface area contributed by atoms with Gasteiger partial charge in [0.1, 0.15) is 23.7 Å². The number of aromatic nitrogens is 2. The van der Waals surface area contributed by atoms with E-state index in [4.69, 9.17) is 16.3 Å². The number of anilines is 1. The van der Waals surface area contributed by atoms with Crippen molar-refractivity contribution in [3.63, 3.8) is 0 Å². The SMILES string of the molecule is C=CC(=O)N1CCN(c2ncnc3cc(-c4c(O)cccc4F)c(Cl)c(OC)c23)CC1. The Labute approximate surface area is 183 Å². The number of piperazine rings is 1. The Bertz CT molecular complexity index is 1160. The average Bonchev–Trinajstić information content (AvgIpc) is 2.78. The molecule has 0 aliphatic carbocycles. The van der Waals surface area contributed by atoms with E-state index < -0.39 is 5.82 Å². The number of hydrogen-bond donors (Lipinski definition) is 1. The van der Waals surface area contributed by atoms with E-state index in [0.717, 1.165) is 0 Å². The maximum atomic E-state index is 14.5. The fourth-order valence-corrected chi connectivity index (χ4v) is 4.13. The van der Waals surface area contributed by atoms with Gasteiger partial charge in [-0.25, -0.2) is 14.4 Å². The Balaban J connectivity index is 1.83. The molecule has 0 unspecified atom stereocenters. The zero-order chi connectivity index (χ0) is 22.1. The molecule has 0 bridgehead atoms. The highest BCUT2D eigenvalue weighted by Crippen LogP contribution is 2.46. The lowest BCUT2D eigenvalue weighted by Crippen LogP contribution is -2.48. The lowest BCUT2D eigenvalue weighted by Gasteiger charge is -2.35. The quantitative estimate of drug-likeness (QED) is 0.621. The summed E-state index contributed by atoms with van der Waals surface area (Å²) in [7, 11) is 1.46. The summed E-state index contributed by atoms with van der Waals surface area (Å²) in [6.07, 6.45) is 2.72. The molecule has 160 valence electrons. The predicted octanol–water partition coefficient (Wildman–Crippen LogP) is 3.64. The number of ether oxygens (including phenoxy) is 1. The molecule has 0 saturated carbocycles. The van der Waals surface area contributed by atoms with Crippen LogP contribution in [0.2, 0.25) is 5.02 Å². The van der Waals surface area contributed by atoms with Gasteiger partial charge in [-0.05, 0) is 24.3 Å². The number of amides is 1. The zero-order valence-corrected chi connectivity index (χ0v) is 17.6. The number of methoxy groups -OCH3 is 1. The van der Waals surface area contributed by atoms with Crippen molar-refractivity contribution < 1.29 is 19.0 Å². The van der Waals surface area contributed by atoms with Crippen LogP contribution in [0.4, 0.5) is 10.2 Å². The molecule has 0 atom stereocenters. The number of carbonyl (C=O) groups excluding carboxylic acids is 1. The van der Waals surface area contributed by atoms with Crippen LogP contribution in [-0.4, -0.2) is 59.2 Å². The fraction of sp³-hybridized carbons (Fsp3) is 0.227. The Morgan fingerprint density at radius 1 is 1.29 bits per heavy atom. The molecule has 7 nitrogen and oxygen atoms in total. The molecule has 1 aliphatic heterocycles. The summed E-state index contributed by atoms with van der Waals surface area (Å²) in [5, 5.41) is 11.0. The van der Waals surface area contributed by atoms with Crippen LogP contribution in [0.3, 0.4) is 0 Å². The minimum absolute atomic E-state index is 0.0237. The Kier molecular flexibility index (Phi) is 5.65. The largest absolute Gasteiger partial charge is 0.507 e. The first-order valence-corrected chi connectivity index (χ1v) is 9.99. The van der Waals surface area contributed by atoms with Gasteiger partial charge in [0.2, 0.25) is 5.91 Å². The topological polar surface area (TPSA) is 78.8 Å². The van der Waals surface area contributed by atoms with Gasteiger partial charge in [-0.3, -0.25) is 4.79 Å². The Morgan fingerprint density at radius 3 is 2.68 bits per heavy atom. The number of aromatic hydroxyl groups is 1. The van der Waals surface area contributed by atoms with Crippen LogP contribution in [0, 0.1) is 5.82 Å². The number of rotatable bonds is 4. The maximum absolute atomic E-state index is 14.5. The van der Waals surface area contributed by atoms with Gasteiger partial charge in [-0.15, -0.1) is 0 Å². The zero-order valence-electron chi connectivity index (χ0n) is 16.8. The lowest BCUT2D eigenvalue weighted by atomic mass is 10.0. The standard InChI is InChI=1S/C22H20ClFN4O3/c1-3-17(30)27-7-9-28(10-8-27)22-19-15(25-12-26-22)11-13(20(23)21(19)31-2)18-14(24)5-4-6-16(18)29/h3-6,11-12,29H,1,7-10H2,2H3. The summed E-state index contributed by atoms with van der Waals surface area (Å²) >= 11 is 6.62. The van der Waals surface area contributed by atoms with Gasteiger partial charge in [0, 0.05) is 31.7 Å². The van der Waals surface area contributed by atoms with Gasteiger partial charge in [0.15, 0.2) is 5.75 Å². The number of carbonyl (C=O) groups is 1. The van der Waals surface area contributed by atoms with Gasteiger partial charge in [0.05, 0.1) is 28.6 Å². The van der Waals surface area contributed by atoms with Crippen LogP contribution < -0.4 is 9.64 Å². The first kappa shape index (κ1) is 20.9. The van der Waals surface area contributed by atoms with E-state index in [-0.39, 0.29) is 33.6 Å². The van der Waals surface area contributed by atoms with Crippen molar-refractivity contribution in [2.75, 3.05) is 38.2 Å². The third-order valence-corrected chi connectivity index (χ3v) is 5.71. The highest BCUT2D eigenvalue weighted by Gasteiger charge is 2.26. The third kappa shape index (κ3) is 3.63. The summed E-state index contributed by atoms with van der Waals surface area (Å²) in [5.74, 6) is -0.0564. The average molecular weight is 443 g/mol. The first-order chi connectivity index (χ1) is 15.0. The predicted molar refractivity (Wildman–Crippen MR) is 117 cm³/mol. The molecule has 1 amide bonds. The molecule has 0 radical (unpaired) electrons. The molecule has 31 heavy (non-hydrogen) atoms. The molecular formula is C22H20ClFN4O3. The van der Waals surface area contributed by atoms with E-state index >= 15 is 0 Å². The van der Waals surface area contributed by atoms with Crippen LogP contribution in [0.15, 0.2) is 43.2 Å². The van der Waals surface area contributed by atoms with E-state index in [1.165, 1.54) is 37.7 Å². The summed E-state index contributed by atoms with van der Waals surface area (Å²) in [4.78, 5) is 24.4. The van der Waals surface area contributed by atoms with E-state index in [1.54, 1.807) is 11.0 Å². The monoisotopic (exact) mass is 442 g/mol. The van der Waals surface area contributed by atoms with Crippen LogP contribution in [0.25, 0.3) is 22.0 Å². The summed E-state index contributed by atoms with van der Waals surface area (Å²) in [6, 6.07) is 5.66. The number of phenolic OH excluding ortho intramolecular Hbond substituents is 1. The Morgan fingerprint density at radius 2 is 2.03 bits per heavy atom. The van der Waals surface area contributed by atoms with Crippen LogP contribution >= 0.6 is 11.6 Å². The molecule has 1 N–H and O–H groups in total. The number of benzene rings is 2. The second-order valence-electron chi connectivity index (χ2n) is 7.01. The van der Waals surface area contributed by atoms with Crippen LogP contribution in [0.1, 0.15) is 0 Å². The molecule has 2 heterocycles. The Hall–Kier alpha value is -3.39. The van der Waals surface area contributed by atoms with Gasteiger partial charge < -0.3 is 19.6 Å². The van der Waals surface area contributed by atoms with Crippen LogP contribution in [0.5, 0.6) is 11.5 Å². The number of nitrogens with zero attached hydrogens (tertiary/aromatic N) is 4. The molecule has 1 aromatic heterocycles. The van der Waals surface area contributed by atoms with Crippen LogP contribution in [-0.2, 0) is 4.79 Å². The van der Waals surface area contributed by atoms with Gasteiger partial charge >= 0.3 is 0 Å². The van der Waals surface area contributed by atoms with Gasteiger partial charge in [-0.1, -0.05) is 24.2 Å². The number of hydrogen-bond acceptors (Lipinski definition) is 6. The van der Waals surface area contributed by atoms with Crippen molar-refractivity contribution in [3.8, 4) is 22.6 Å². The first-order valence-electron chi connectivity index (χ1n) is 9.61.